The second kappa shape index (κ2) is 6.30. The molecule has 1 aliphatic rings. The summed E-state index contributed by atoms with van der Waals surface area (Å²) in [6.45, 7) is 0.296. The molecule has 5 nitrogen and oxygen atoms in total. The second-order valence-corrected chi connectivity index (χ2v) is 5.63. The third-order valence-electron chi connectivity index (χ3n) is 3.79. The maximum Gasteiger partial charge on any atom is 0.315 e. The molecule has 2 rings (SSSR count). The Bertz CT molecular complexity index is 561. The van der Waals surface area contributed by atoms with Gasteiger partial charge in [0.15, 0.2) is 0 Å². The number of carbonyl (C=O) groups is 2. The lowest BCUT2D eigenvalue weighted by atomic mass is 9.69. The molecule has 0 aromatic heterocycles. The van der Waals surface area contributed by atoms with Crippen molar-refractivity contribution in [2.45, 2.75) is 25.8 Å². The van der Waals surface area contributed by atoms with E-state index in [9.17, 15) is 14.0 Å². The van der Waals surface area contributed by atoms with Crippen LogP contribution in [0.4, 0.5) is 9.18 Å². The molecule has 114 valence electrons. The van der Waals surface area contributed by atoms with E-state index in [1.165, 1.54) is 18.2 Å². The zero-order valence-corrected chi connectivity index (χ0v) is 12.0. The molecule has 1 aromatic carbocycles. The molecule has 0 radical (unpaired) electrons. The summed E-state index contributed by atoms with van der Waals surface area (Å²) in [5.74, 6) is -1.39. The number of hydrogen-bond acceptors (Lipinski definition) is 2. The smallest absolute Gasteiger partial charge is 0.315 e. The second-order valence-electron chi connectivity index (χ2n) is 5.22. The fourth-order valence-corrected chi connectivity index (χ4v) is 2.42. The number of hydrogen-bond donors (Lipinski definition) is 3. The lowest BCUT2D eigenvalue weighted by molar-refractivity contribution is -0.153. The molecule has 1 saturated carbocycles. The van der Waals surface area contributed by atoms with E-state index in [1.54, 1.807) is 0 Å². The van der Waals surface area contributed by atoms with Crippen LogP contribution in [-0.2, 0) is 11.3 Å². The number of rotatable bonds is 5. The van der Waals surface area contributed by atoms with Crippen molar-refractivity contribution >= 4 is 23.6 Å². The van der Waals surface area contributed by atoms with Crippen LogP contribution in [0.1, 0.15) is 24.8 Å². The highest BCUT2D eigenvalue weighted by atomic mass is 35.5. The van der Waals surface area contributed by atoms with E-state index in [2.05, 4.69) is 10.6 Å². The molecular weight excluding hydrogens is 299 g/mol. The minimum Gasteiger partial charge on any atom is -0.481 e. The van der Waals surface area contributed by atoms with Gasteiger partial charge in [-0.2, -0.15) is 0 Å². The Balaban J connectivity index is 1.79. The van der Waals surface area contributed by atoms with Crippen LogP contribution in [0, 0.1) is 11.2 Å². The van der Waals surface area contributed by atoms with Crippen molar-refractivity contribution in [2.75, 3.05) is 6.54 Å². The Hall–Kier alpha value is -1.82. The molecule has 1 fully saturated rings. The molecule has 2 amide bonds. The van der Waals surface area contributed by atoms with Crippen molar-refractivity contribution in [3.63, 3.8) is 0 Å². The van der Waals surface area contributed by atoms with Crippen LogP contribution in [0.5, 0.6) is 0 Å². The van der Waals surface area contributed by atoms with Gasteiger partial charge in [0.05, 0.1) is 10.4 Å². The molecule has 1 aromatic rings. The summed E-state index contributed by atoms with van der Waals surface area (Å²) in [4.78, 5) is 22.8. The first-order valence-electron chi connectivity index (χ1n) is 6.62. The Morgan fingerprint density at radius 1 is 1.33 bits per heavy atom. The summed E-state index contributed by atoms with van der Waals surface area (Å²) in [5.41, 5.74) is -0.163. The third-order valence-corrected chi connectivity index (χ3v) is 4.08. The van der Waals surface area contributed by atoms with Crippen molar-refractivity contribution in [3.05, 3.63) is 34.6 Å². The Kier molecular flexibility index (Phi) is 4.67. The predicted octanol–water partition coefficient (Wildman–Crippen LogP) is 2.53. The minimum absolute atomic E-state index is 0.00555. The monoisotopic (exact) mass is 314 g/mol. The highest BCUT2D eigenvalue weighted by Gasteiger charge is 2.44. The van der Waals surface area contributed by atoms with Crippen LogP contribution in [0.25, 0.3) is 0 Å². The van der Waals surface area contributed by atoms with Gasteiger partial charge in [0, 0.05) is 13.1 Å². The van der Waals surface area contributed by atoms with Crippen molar-refractivity contribution in [1.82, 2.24) is 10.6 Å². The van der Waals surface area contributed by atoms with Gasteiger partial charge in [0.1, 0.15) is 5.82 Å². The predicted molar refractivity (Wildman–Crippen MR) is 75.6 cm³/mol. The Morgan fingerprint density at radius 3 is 2.57 bits per heavy atom. The van der Waals surface area contributed by atoms with Crippen LogP contribution in [0.2, 0.25) is 5.02 Å². The molecule has 0 spiro atoms. The number of carbonyl (C=O) groups excluding carboxylic acids is 1. The molecule has 3 N–H and O–H groups in total. The standard InChI is InChI=1S/C14H16ClFN2O3/c15-10-6-9(2-3-11(10)16)7-17-13(21)18-8-14(12(19)20)4-1-5-14/h2-3,6H,1,4-5,7-8H2,(H,19,20)(H2,17,18,21). The lowest BCUT2D eigenvalue weighted by Crippen LogP contribution is -2.49. The first-order chi connectivity index (χ1) is 9.93. The highest BCUT2D eigenvalue weighted by molar-refractivity contribution is 6.30. The van der Waals surface area contributed by atoms with E-state index in [0.717, 1.165) is 6.42 Å². The van der Waals surface area contributed by atoms with E-state index in [0.29, 0.717) is 18.4 Å². The number of carboxylic acids is 1. The lowest BCUT2D eigenvalue weighted by Gasteiger charge is -2.37. The first kappa shape index (κ1) is 15.6. The topological polar surface area (TPSA) is 78.4 Å². The van der Waals surface area contributed by atoms with Gasteiger partial charge in [-0.05, 0) is 30.5 Å². The zero-order chi connectivity index (χ0) is 15.5. The summed E-state index contributed by atoms with van der Waals surface area (Å²) in [6.07, 6.45) is 2.02. The molecule has 7 heteroatoms. The Morgan fingerprint density at radius 2 is 2.05 bits per heavy atom. The molecule has 0 aliphatic heterocycles. The van der Waals surface area contributed by atoms with Gasteiger partial charge in [-0.1, -0.05) is 24.1 Å². The summed E-state index contributed by atoms with van der Waals surface area (Å²) in [7, 11) is 0. The number of aliphatic carboxylic acids is 1. The minimum atomic E-state index is -0.876. The molecule has 0 atom stereocenters. The number of carboxylic acid groups (broad SMARTS) is 1. The molecule has 0 heterocycles. The van der Waals surface area contributed by atoms with Crippen LogP contribution < -0.4 is 10.6 Å². The van der Waals surface area contributed by atoms with E-state index in [4.69, 9.17) is 16.7 Å². The number of benzene rings is 1. The highest BCUT2D eigenvalue weighted by Crippen LogP contribution is 2.40. The molecule has 0 bridgehead atoms. The maximum atomic E-state index is 13.0. The van der Waals surface area contributed by atoms with Crippen molar-refractivity contribution in [3.8, 4) is 0 Å². The maximum absolute atomic E-state index is 13.0. The molecule has 0 unspecified atom stereocenters. The van der Waals surface area contributed by atoms with Crippen LogP contribution in [0.15, 0.2) is 18.2 Å². The molecule has 21 heavy (non-hydrogen) atoms. The van der Waals surface area contributed by atoms with Gasteiger partial charge in [-0.3, -0.25) is 4.79 Å². The van der Waals surface area contributed by atoms with Crippen molar-refractivity contribution in [1.29, 1.82) is 0 Å². The number of nitrogens with one attached hydrogen (secondary N) is 2. The number of urea groups is 1. The van der Waals surface area contributed by atoms with Crippen LogP contribution >= 0.6 is 11.6 Å². The summed E-state index contributed by atoms with van der Waals surface area (Å²) in [6, 6.07) is 3.72. The Labute approximate surface area is 126 Å². The van der Waals surface area contributed by atoms with Crippen molar-refractivity contribution < 1.29 is 19.1 Å². The SMILES string of the molecule is O=C(NCc1ccc(F)c(Cl)c1)NCC1(C(=O)O)CCC1. The molecular formula is C14H16ClFN2O3. The fourth-order valence-electron chi connectivity index (χ4n) is 2.21. The van der Waals surface area contributed by atoms with Gasteiger partial charge < -0.3 is 15.7 Å². The molecule has 1 aliphatic carbocycles. The quantitative estimate of drug-likeness (QED) is 0.781. The third kappa shape index (κ3) is 3.64. The summed E-state index contributed by atoms with van der Waals surface area (Å²) < 4.78 is 13.0. The van der Waals surface area contributed by atoms with Gasteiger partial charge in [-0.15, -0.1) is 0 Å². The van der Waals surface area contributed by atoms with Crippen LogP contribution in [0.3, 0.4) is 0 Å². The van der Waals surface area contributed by atoms with Gasteiger partial charge in [0.2, 0.25) is 0 Å². The van der Waals surface area contributed by atoms with E-state index >= 15 is 0 Å². The average molecular weight is 315 g/mol. The van der Waals surface area contributed by atoms with E-state index < -0.39 is 23.2 Å². The van der Waals surface area contributed by atoms with Crippen molar-refractivity contribution in [2.24, 2.45) is 5.41 Å². The molecule has 0 saturated heterocycles. The van der Waals surface area contributed by atoms with Gasteiger partial charge in [0.25, 0.3) is 0 Å². The normalized spacial score (nSPS) is 15.9. The number of amides is 2. The van der Waals surface area contributed by atoms with Gasteiger partial charge >= 0.3 is 12.0 Å². The van der Waals surface area contributed by atoms with Crippen LogP contribution in [-0.4, -0.2) is 23.7 Å². The van der Waals surface area contributed by atoms with E-state index in [1.807, 2.05) is 0 Å². The zero-order valence-electron chi connectivity index (χ0n) is 11.3. The first-order valence-corrected chi connectivity index (χ1v) is 7.00. The van der Waals surface area contributed by atoms with E-state index in [-0.39, 0.29) is 18.1 Å². The summed E-state index contributed by atoms with van der Waals surface area (Å²) in [5, 5.41) is 14.3. The fraction of sp³-hybridized carbons (Fsp3) is 0.429. The van der Waals surface area contributed by atoms with Gasteiger partial charge in [-0.25, -0.2) is 9.18 Å². The summed E-state index contributed by atoms with van der Waals surface area (Å²) >= 11 is 5.64. The average Bonchev–Trinajstić information content (AvgIpc) is 2.38. The number of halogens is 2. The largest absolute Gasteiger partial charge is 0.481 e.